The number of sulfonamides is 1. The van der Waals surface area contributed by atoms with E-state index in [2.05, 4.69) is 9.72 Å². The minimum Gasteiger partial charge on any atom is -0.464 e. The molecule has 9 heteroatoms. The summed E-state index contributed by atoms with van der Waals surface area (Å²) < 4.78 is 41.4. The SMILES string of the molecule is COCCN(Cc1nc(C(=O)OC)co1)S(=O)(=O)c1ccccc1. The summed E-state index contributed by atoms with van der Waals surface area (Å²) in [5, 5.41) is 0. The molecule has 2 rings (SSSR count). The maximum absolute atomic E-state index is 12.7. The van der Waals surface area contributed by atoms with E-state index in [1.54, 1.807) is 18.2 Å². The number of carbonyl (C=O) groups excluding carboxylic acids is 1. The number of carbonyl (C=O) groups is 1. The van der Waals surface area contributed by atoms with Crippen LogP contribution in [0.2, 0.25) is 0 Å². The molecule has 1 aromatic heterocycles. The zero-order chi connectivity index (χ0) is 17.6. The van der Waals surface area contributed by atoms with Gasteiger partial charge in [0.2, 0.25) is 15.9 Å². The standard InChI is InChI=1S/C15H18N2O6S/c1-21-9-8-17(24(19,20)12-6-4-3-5-7-12)10-14-16-13(11-23-14)15(18)22-2/h3-7,11H,8-10H2,1-2H3. The highest BCUT2D eigenvalue weighted by molar-refractivity contribution is 7.89. The lowest BCUT2D eigenvalue weighted by atomic mass is 10.4. The fourth-order valence-corrected chi connectivity index (χ4v) is 3.35. The Bertz CT molecular complexity index is 772. The van der Waals surface area contributed by atoms with E-state index in [0.29, 0.717) is 0 Å². The van der Waals surface area contributed by atoms with Gasteiger partial charge in [0.1, 0.15) is 6.26 Å². The number of hydrogen-bond donors (Lipinski definition) is 0. The van der Waals surface area contributed by atoms with E-state index < -0.39 is 16.0 Å². The Balaban J connectivity index is 2.25. The number of aromatic nitrogens is 1. The van der Waals surface area contributed by atoms with Crippen molar-refractivity contribution in [3.05, 3.63) is 48.2 Å². The molecule has 130 valence electrons. The summed E-state index contributed by atoms with van der Waals surface area (Å²) in [6.45, 7) is 0.192. The number of benzene rings is 1. The van der Waals surface area contributed by atoms with Gasteiger partial charge < -0.3 is 13.9 Å². The molecule has 0 radical (unpaired) electrons. The van der Waals surface area contributed by atoms with E-state index in [1.165, 1.54) is 30.7 Å². The van der Waals surface area contributed by atoms with Crippen LogP contribution in [0.15, 0.2) is 45.9 Å². The predicted molar refractivity (Wildman–Crippen MR) is 83.8 cm³/mol. The smallest absolute Gasteiger partial charge is 0.360 e. The molecule has 0 N–H and O–H groups in total. The van der Waals surface area contributed by atoms with Crippen molar-refractivity contribution in [2.45, 2.75) is 11.4 Å². The maximum atomic E-state index is 12.7. The molecular formula is C15H18N2O6S. The van der Waals surface area contributed by atoms with Crippen molar-refractivity contribution in [1.29, 1.82) is 0 Å². The zero-order valence-electron chi connectivity index (χ0n) is 13.3. The Kier molecular flexibility index (Phi) is 6.07. The van der Waals surface area contributed by atoms with Crippen LogP contribution in [-0.2, 0) is 26.0 Å². The molecule has 0 bridgehead atoms. The van der Waals surface area contributed by atoms with E-state index in [-0.39, 0.29) is 36.2 Å². The van der Waals surface area contributed by atoms with Gasteiger partial charge in [-0.15, -0.1) is 0 Å². The van der Waals surface area contributed by atoms with Crippen molar-refractivity contribution in [3.63, 3.8) is 0 Å². The normalized spacial score (nSPS) is 11.6. The van der Waals surface area contributed by atoms with Gasteiger partial charge in [0.25, 0.3) is 0 Å². The zero-order valence-corrected chi connectivity index (χ0v) is 14.2. The maximum Gasteiger partial charge on any atom is 0.360 e. The topological polar surface area (TPSA) is 98.9 Å². The lowest BCUT2D eigenvalue weighted by Crippen LogP contribution is -2.33. The van der Waals surface area contributed by atoms with Crippen LogP contribution in [0, 0.1) is 0 Å². The first kappa shape index (κ1) is 18.1. The molecule has 0 unspecified atom stereocenters. The highest BCUT2D eigenvalue weighted by atomic mass is 32.2. The van der Waals surface area contributed by atoms with Crippen molar-refractivity contribution in [3.8, 4) is 0 Å². The van der Waals surface area contributed by atoms with Crippen LogP contribution < -0.4 is 0 Å². The van der Waals surface area contributed by atoms with Gasteiger partial charge >= 0.3 is 5.97 Å². The summed E-state index contributed by atoms with van der Waals surface area (Å²) in [4.78, 5) is 15.5. The first-order valence-electron chi connectivity index (χ1n) is 7.06. The third kappa shape index (κ3) is 4.19. The third-order valence-electron chi connectivity index (χ3n) is 3.18. The van der Waals surface area contributed by atoms with Gasteiger partial charge in [0.05, 0.1) is 25.2 Å². The number of ether oxygens (including phenoxy) is 2. The van der Waals surface area contributed by atoms with Crippen molar-refractivity contribution >= 4 is 16.0 Å². The van der Waals surface area contributed by atoms with Crippen molar-refractivity contribution in [2.24, 2.45) is 0 Å². The van der Waals surface area contributed by atoms with Gasteiger partial charge in [-0.3, -0.25) is 0 Å². The first-order valence-corrected chi connectivity index (χ1v) is 8.50. The lowest BCUT2D eigenvalue weighted by Gasteiger charge is -2.20. The minimum absolute atomic E-state index is 0.0173. The van der Waals surface area contributed by atoms with Crippen LogP contribution in [0.1, 0.15) is 16.4 Å². The molecule has 24 heavy (non-hydrogen) atoms. The average Bonchev–Trinajstić information content (AvgIpc) is 3.07. The van der Waals surface area contributed by atoms with Crippen molar-refractivity contribution in [2.75, 3.05) is 27.4 Å². The molecule has 0 saturated heterocycles. The average molecular weight is 354 g/mol. The van der Waals surface area contributed by atoms with E-state index in [9.17, 15) is 13.2 Å². The van der Waals surface area contributed by atoms with Gasteiger partial charge in [-0.25, -0.2) is 18.2 Å². The molecule has 0 atom stereocenters. The summed E-state index contributed by atoms with van der Waals surface area (Å²) in [6, 6.07) is 8.02. The van der Waals surface area contributed by atoms with Crippen LogP contribution in [-0.4, -0.2) is 51.0 Å². The number of nitrogens with zero attached hydrogens (tertiary/aromatic N) is 2. The number of rotatable bonds is 8. The second-order valence-electron chi connectivity index (χ2n) is 4.76. The number of hydrogen-bond acceptors (Lipinski definition) is 7. The Labute approximate surface area is 140 Å². The summed E-state index contributed by atoms with van der Waals surface area (Å²) >= 11 is 0. The monoisotopic (exact) mass is 354 g/mol. The molecule has 0 aliphatic carbocycles. The Morgan fingerprint density at radius 3 is 2.58 bits per heavy atom. The van der Waals surface area contributed by atoms with E-state index in [4.69, 9.17) is 9.15 Å². The summed E-state index contributed by atoms with van der Waals surface area (Å²) in [5.74, 6) is -0.564. The Morgan fingerprint density at radius 1 is 1.25 bits per heavy atom. The summed E-state index contributed by atoms with van der Waals surface area (Å²) in [5.41, 5.74) is -0.0173. The molecular weight excluding hydrogens is 336 g/mol. The van der Waals surface area contributed by atoms with Crippen LogP contribution >= 0.6 is 0 Å². The van der Waals surface area contributed by atoms with Gasteiger partial charge in [0.15, 0.2) is 5.69 Å². The van der Waals surface area contributed by atoms with E-state index >= 15 is 0 Å². The highest BCUT2D eigenvalue weighted by Gasteiger charge is 2.26. The molecule has 0 saturated carbocycles. The van der Waals surface area contributed by atoms with E-state index in [0.717, 1.165) is 6.26 Å². The molecule has 0 fully saturated rings. The molecule has 0 aliphatic heterocycles. The number of methoxy groups -OCH3 is 2. The first-order chi connectivity index (χ1) is 11.5. The molecule has 0 spiro atoms. The Morgan fingerprint density at radius 2 is 1.96 bits per heavy atom. The molecule has 1 aromatic carbocycles. The number of esters is 1. The van der Waals surface area contributed by atoms with Gasteiger partial charge in [-0.2, -0.15) is 4.31 Å². The molecule has 8 nitrogen and oxygen atoms in total. The van der Waals surface area contributed by atoms with Gasteiger partial charge in [-0.05, 0) is 12.1 Å². The van der Waals surface area contributed by atoms with Crippen LogP contribution in [0.25, 0.3) is 0 Å². The fraction of sp³-hybridized carbons (Fsp3) is 0.333. The Hall–Kier alpha value is -2.23. The minimum atomic E-state index is -3.75. The van der Waals surface area contributed by atoms with Gasteiger partial charge in [0, 0.05) is 13.7 Å². The summed E-state index contributed by atoms with van der Waals surface area (Å²) in [7, 11) is -1.05. The van der Waals surface area contributed by atoms with Crippen LogP contribution in [0.3, 0.4) is 0 Å². The number of oxazole rings is 1. The molecule has 0 aliphatic rings. The van der Waals surface area contributed by atoms with Gasteiger partial charge in [-0.1, -0.05) is 18.2 Å². The second kappa shape index (κ2) is 8.04. The van der Waals surface area contributed by atoms with Crippen LogP contribution in [0.4, 0.5) is 0 Å². The molecule has 2 aromatic rings. The van der Waals surface area contributed by atoms with Crippen molar-refractivity contribution < 1.29 is 27.1 Å². The lowest BCUT2D eigenvalue weighted by molar-refractivity contribution is 0.0594. The molecule has 1 heterocycles. The molecule has 0 amide bonds. The third-order valence-corrected chi connectivity index (χ3v) is 5.04. The largest absolute Gasteiger partial charge is 0.464 e. The van der Waals surface area contributed by atoms with Crippen molar-refractivity contribution in [1.82, 2.24) is 9.29 Å². The van der Waals surface area contributed by atoms with Crippen LogP contribution in [0.5, 0.6) is 0 Å². The quantitative estimate of drug-likeness (QED) is 0.659. The second-order valence-corrected chi connectivity index (χ2v) is 6.70. The fourth-order valence-electron chi connectivity index (χ4n) is 1.95. The highest BCUT2D eigenvalue weighted by Crippen LogP contribution is 2.18. The van der Waals surface area contributed by atoms with E-state index in [1.807, 2.05) is 0 Å². The predicted octanol–water partition coefficient (Wildman–Crippen LogP) is 1.30. The summed E-state index contributed by atoms with van der Waals surface area (Å²) in [6.07, 6.45) is 1.13.